The number of nitrogens with zero attached hydrogens (tertiary/aromatic N) is 1. The first-order valence-corrected chi connectivity index (χ1v) is 5.99. The zero-order valence-electron chi connectivity index (χ0n) is 9.81. The number of esters is 1. The summed E-state index contributed by atoms with van der Waals surface area (Å²) in [6.45, 7) is 0. The average Bonchev–Trinajstić information content (AvgIpc) is 2.41. The van der Waals surface area contributed by atoms with Gasteiger partial charge in [-0.1, -0.05) is 28.1 Å². The Hall–Kier alpha value is -2.15. The largest absolute Gasteiger partial charge is 0.501 e. The van der Waals surface area contributed by atoms with Gasteiger partial charge in [-0.3, -0.25) is 4.79 Å². The first-order chi connectivity index (χ1) is 9.02. The maximum atomic E-state index is 11.6. The van der Waals surface area contributed by atoms with Gasteiger partial charge in [0.05, 0.1) is 7.11 Å². The summed E-state index contributed by atoms with van der Waals surface area (Å²) >= 11 is 3.29. The van der Waals surface area contributed by atoms with Crippen molar-refractivity contribution in [3.63, 3.8) is 0 Å². The van der Waals surface area contributed by atoms with Gasteiger partial charge in [0.15, 0.2) is 5.69 Å². The molecule has 0 atom stereocenters. The molecule has 0 unspecified atom stereocenters. The second-order valence-corrected chi connectivity index (χ2v) is 4.53. The van der Waals surface area contributed by atoms with Crippen LogP contribution in [0.5, 0.6) is 5.75 Å². The third-order valence-electron chi connectivity index (χ3n) is 2.39. The Bertz CT molecular complexity index is 679. The van der Waals surface area contributed by atoms with Gasteiger partial charge in [-0.15, -0.1) is 0 Å². The lowest BCUT2D eigenvalue weighted by Crippen LogP contribution is -2.16. The molecule has 0 spiro atoms. The van der Waals surface area contributed by atoms with Crippen LogP contribution in [0.25, 0.3) is 11.4 Å². The van der Waals surface area contributed by atoms with Crippen molar-refractivity contribution in [2.45, 2.75) is 0 Å². The van der Waals surface area contributed by atoms with Gasteiger partial charge in [0.2, 0.25) is 5.75 Å². The van der Waals surface area contributed by atoms with Crippen molar-refractivity contribution in [3.8, 4) is 17.1 Å². The topological polar surface area (TPSA) is 92.3 Å². The molecule has 0 bridgehead atoms. The third-order valence-corrected chi connectivity index (χ3v) is 2.92. The van der Waals surface area contributed by atoms with Gasteiger partial charge in [-0.05, 0) is 12.1 Å². The molecule has 0 aliphatic heterocycles. The number of hydrogen-bond acceptors (Lipinski definition) is 5. The molecule has 0 amide bonds. The van der Waals surface area contributed by atoms with Crippen LogP contribution in [0.1, 0.15) is 10.5 Å². The zero-order valence-corrected chi connectivity index (χ0v) is 11.4. The van der Waals surface area contributed by atoms with Crippen molar-refractivity contribution < 1.29 is 14.6 Å². The van der Waals surface area contributed by atoms with Crippen molar-refractivity contribution in [1.82, 2.24) is 9.97 Å². The number of aromatic nitrogens is 2. The predicted octanol–water partition coefficient (Wildman–Crippen LogP) is 1.69. The summed E-state index contributed by atoms with van der Waals surface area (Å²) in [7, 11) is 1.14. The maximum absolute atomic E-state index is 11.6. The number of methoxy groups -OCH3 is 1. The lowest BCUT2D eigenvalue weighted by Gasteiger charge is -2.05. The number of aromatic amines is 1. The number of halogens is 1. The van der Waals surface area contributed by atoms with Crippen LogP contribution < -0.4 is 5.56 Å². The van der Waals surface area contributed by atoms with E-state index in [-0.39, 0.29) is 5.82 Å². The van der Waals surface area contributed by atoms with Crippen molar-refractivity contribution in [2.24, 2.45) is 0 Å². The van der Waals surface area contributed by atoms with Gasteiger partial charge in [-0.25, -0.2) is 9.78 Å². The first kappa shape index (κ1) is 13.3. The Morgan fingerprint density at radius 1 is 1.37 bits per heavy atom. The molecule has 98 valence electrons. The second-order valence-electron chi connectivity index (χ2n) is 3.61. The van der Waals surface area contributed by atoms with E-state index in [1.807, 2.05) is 0 Å². The highest BCUT2D eigenvalue weighted by molar-refractivity contribution is 9.10. The Morgan fingerprint density at radius 2 is 2.00 bits per heavy atom. The first-order valence-electron chi connectivity index (χ1n) is 5.20. The number of H-pyrrole nitrogens is 1. The minimum absolute atomic E-state index is 0.177. The molecule has 0 saturated heterocycles. The molecule has 0 fully saturated rings. The predicted molar refractivity (Wildman–Crippen MR) is 71.0 cm³/mol. The van der Waals surface area contributed by atoms with Crippen LogP contribution in [0.3, 0.4) is 0 Å². The fourth-order valence-electron chi connectivity index (χ4n) is 1.45. The van der Waals surface area contributed by atoms with E-state index in [1.165, 1.54) is 0 Å². The van der Waals surface area contributed by atoms with Crippen molar-refractivity contribution >= 4 is 21.9 Å². The van der Waals surface area contributed by atoms with Crippen LogP contribution in [0.4, 0.5) is 0 Å². The molecule has 19 heavy (non-hydrogen) atoms. The molecule has 0 saturated carbocycles. The highest BCUT2D eigenvalue weighted by Gasteiger charge is 2.18. The number of nitrogens with one attached hydrogen (secondary N) is 1. The van der Waals surface area contributed by atoms with Crippen molar-refractivity contribution in [3.05, 3.63) is 44.8 Å². The molecule has 1 heterocycles. The number of carbonyl (C=O) groups excluding carboxylic acids is 1. The summed E-state index contributed by atoms with van der Waals surface area (Å²) in [4.78, 5) is 29.3. The maximum Gasteiger partial charge on any atom is 0.360 e. The van der Waals surface area contributed by atoms with E-state index in [0.29, 0.717) is 5.56 Å². The van der Waals surface area contributed by atoms with E-state index < -0.39 is 23.0 Å². The molecular weight excluding hydrogens is 316 g/mol. The summed E-state index contributed by atoms with van der Waals surface area (Å²) in [6, 6.07) is 6.95. The molecule has 2 rings (SSSR count). The Balaban J connectivity index is 2.59. The minimum atomic E-state index is -0.873. The van der Waals surface area contributed by atoms with E-state index in [2.05, 4.69) is 30.6 Å². The molecule has 2 aromatic rings. The monoisotopic (exact) mass is 324 g/mol. The highest BCUT2D eigenvalue weighted by Crippen LogP contribution is 2.19. The molecule has 7 heteroatoms. The van der Waals surface area contributed by atoms with Crippen LogP contribution in [-0.4, -0.2) is 28.2 Å². The summed E-state index contributed by atoms with van der Waals surface area (Å²) < 4.78 is 5.33. The summed E-state index contributed by atoms with van der Waals surface area (Å²) in [5.74, 6) is -1.45. The third kappa shape index (κ3) is 2.65. The summed E-state index contributed by atoms with van der Waals surface area (Å²) in [6.07, 6.45) is 0. The summed E-state index contributed by atoms with van der Waals surface area (Å²) in [5.41, 5.74) is -0.608. The Kier molecular flexibility index (Phi) is 3.66. The van der Waals surface area contributed by atoms with E-state index in [1.54, 1.807) is 24.3 Å². The van der Waals surface area contributed by atoms with Gasteiger partial charge in [0, 0.05) is 10.0 Å². The van der Waals surface area contributed by atoms with E-state index >= 15 is 0 Å². The van der Waals surface area contributed by atoms with Gasteiger partial charge >= 0.3 is 5.97 Å². The highest BCUT2D eigenvalue weighted by atomic mass is 79.9. The van der Waals surface area contributed by atoms with Gasteiger partial charge < -0.3 is 14.8 Å². The van der Waals surface area contributed by atoms with Crippen LogP contribution in [0.2, 0.25) is 0 Å². The number of benzene rings is 1. The van der Waals surface area contributed by atoms with E-state index in [4.69, 9.17) is 0 Å². The molecule has 0 aliphatic rings. The SMILES string of the molecule is COC(=O)c1nc(-c2ccc(Br)cc2)[nH]c(=O)c1O. The fraction of sp³-hybridized carbons (Fsp3) is 0.0833. The van der Waals surface area contributed by atoms with Crippen LogP contribution in [0.15, 0.2) is 33.5 Å². The lowest BCUT2D eigenvalue weighted by molar-refractivity contribution is 0.0590. The molecule has 2 N–H and O–H groups in total. The normalized spacial score (nSPS) is 10.2. The van der Waals surface area contributed by atoms with Gasteiger partial charge in [0.25, 0.3) is 5.56 Å². The quantitative estimate of drug-likeness (QED) is 0.820. The molecule has 0 aliphatic carbocycles. The molecule has 1 aromatic carbocycles. The standard InChI is InChI=1S/C12H9BrN2O4/c1-19-12(18)8-9(16)11(17)15-10(14-8)6-2-4-7(13)5-3-6/h2-5,16H,1H3,(H,14,15,17). The van der Waals surface area contributed by atoms with Crippen LogP contribution in [-0.2, 0) is 4.74 Å². The average molecular weight is 325 g/mol. The Labute approximate surface area is 116 Å². The smallest absolute Gasteiger partial charge is 0.360 e. The number of carbonyl (C=O) groups is 1. The molecular formula is C12H9BrN2O4. The number of rotatable bonds is 2. The van der Waals surface area contributed by atoms with E-state index in [0.717, 1.165) is 11.6 Å². The number of aromatic hydroxyl groups is 1. The lowest BCUT2D eigenvalue weighted by atomic mass is 10.2. The number of hydrogen-bond donors (Lipinski definition) is 2. The van der Waals surface area contributed by atoms with Gasteiger partial charge in [-0.2, -0.15) is 0 Å². The van der Waals surface area contributed by atoms with Crippen molar-refractivity contribution in [1.29, 1.82) is 0 Å². The summed E-state index contributed by atoms with van der Waals surface area (Å²) in [5, 5.41) is 9.50. The Morgan fingerprint density at radius 3 is 2.58 bits per heavy atom. The van der Waals surface area contributed by atoms with E-state index in [9.17, 15) is 14.7 Å². The minimum Gasteiger partial charge on any atom is -0.501 e. The van der Waals surface area contributed by atoms with Crippen LogP contribution in [0, 0.1) is 0 Å². The molecule has 1 aromatic heterocycles. The zero-order chi connectivity index (χ0) is 14.0. The molecule has 6 nitrogen and oxygen atoms in total. The second kappa shape index (κ2) is 5.23. The van der Waals surface area contributed by atoms with Gasteiger partial charge in [0.1, 0.15) is 5.82 Å². The van der Waals surface area contributed by atoms with Crippen LogP contribution >= 0.6 is 15.9 Å². The van der Waals surface area contributed by atoms with Crippen molar-refractivity contribution in [2.75, 3.05) is 7.11 Å². The number of ether oxygens (including phenoxy) is 1. The fourth-order valence-corrected chi connectivity index (χ4v) is 1.71. The molecule has 0 radical (unpaired) electrons.